The summed E-state index contributed by atoms with van der Waals surface area (Å²) in [6.45, 7) is 8.21. The molecular weight excluding hydrogens is 151 g/mol. The molecule has 64 valence electrons. The molecule has 0 aliphatic rings. The Labute approximate surface area is 63.4 Å². The van der Waals surface area contributed by atoms with E-state index >= 15 is 0 Å². The third kappa shape index (κ3) is 15.7. The van der Waals surface area contributed by atoms with Gasteiger partial charge in [-0.25, -0.2) is 0 Å². The van der Waals surface area contributed by atoms with Crippen molar-refractivity contribution in [2.45, 2.75) is 27.7 Å². The second kappa shape index (κ2) is 9.15. The molecule has 1 unspecified atom stereocenters. The first-order valence-corrected chi connectivity index (χ1v) is 4.75. The van der Waals surface area contributed by atoms with Gasteiger partial charge in [0, 0.05) is 0 Å². The van der Waals surface area contributed by atoms with Crippen LogP contribution in [0.3, 0.4) is 0 Å². The molecule has 0 amide bonds. The van der Waals surface area contributed by atoms with Crippen LogP contribution in [-0.2, 0) is 9.09 Å². The van der Waals surface area contributed by atoms with E-state index in [0.29, 0.717) is 12.5 Å². The maximum Gasteiger partial charge on any atom is 0.316 e. The Kier molecular flexibility index (Phi) is 11.7. The number of hydrogen-bond acceptors (Lipinski definition) is 2. The molecule has 0 rings (SSSR count). The topological polar surface area (TPSA) is 46.5 Å². The zero-order chi connectivity index (χ0) is 8.57. The summed E-state index contributed by atoms with van der Waals surface area (Å²) in [5.74, 6) is 0.330. The first-order chi connectivity index (χ1) is 4.63. The second-order valence-corrected chi connectivity index (χ2v) is 2.79. The van der Waals surface area contributed by atoms with E-state index < -0.39 is 8.25 Å². The lowest BCUT2D eigenvalue weighted by Crippen LogP contribution is -1.95. The van der Waals surface area contributed by atoms with Crippen molar-refractivity contribution in [3.63, 3.8) is 0 Å². The van der Waals surface area contributed by atoms with E-state index in [1.54, 1.807) is 0 Å². The van der Waals surface area contributed by atoms with E-state index in [1.165, 1.54) is 0 Å². The Balaban J connectivity index is 0. The average Bonchev–Trinajstić information content (AvgIpc) is 1.89. The summed E-state index contributed by atoms with van der Waals surface area (Å²) in [7, 11) is -2.68. The standard InChI is InChI=1S/C4H11O3P.C2H6/c1-4(2)3-7-8(5)6;1-2/h4,8H,3H2,1-2H3,(H,5,6);1-2H3. The smallest absolute Gasteiger partial charge is 0.316 e. The van der Waals surface area contributed by atoms with Gasteiger partial charge in [0.25, 0.3) is 0 Å². The van der Waals surface area contributed by atoms with E-state index in [4.69, 9.17) is 4.89 Å². The van der Waals surface area contributed by atoms with Gasteiger partial charge >= 0.3 is 8.25 Å². The van der Waals surface area contributed by atoms with Crippen molar-refractivity contribution in [2.75, 3.05) is 6.61 Å². The molecule has 0 spiro atoms. The maximum atomic E-state index is 9.87. The van der Waals surface area contributed by atoms with Gasteiger partial charge in [0.15, 0.2) is 0 Å². The van der Waals surface area contributed by atoms with Crippen LogP contribution in [0.25, 0.3) is 0 Å². The first kappa shape index (κ1) is 12.8. The van der Waals surface area contributed by atoms with Crippen LogP contribution in [-0.4, -0.2) is 11.5 Å². The molecule has 10 heavy (non-hydrogen) atoms. The molecule has 0 aromatic carbocycles. The summed E-state index contributed by atoms with van der Waals surface area (Å²) in [6.07, 6.45) is 0. The lowest BCUT2D eigenvalue weighted by atomic mass is 10.2. The molecule has 0 aromatic rings. The third-order valence-corrected chi connectivity index (χ3v) is 0.954. The Morgan fingerprint density at radius 3 is 2.00 bits per heavy atom. The minimum Gasteiger partial charge on any atom is -0.326 e. The molecule has 4 heteroatoms. The quantitative estimate of drug-likeness (QED) is 0.656. The molecule has 0 aliphatic heterocycles. The summed E-state index contributed by atoms with van der Waals surface area (Å²) in [4.78, 5) is 8.13. The molecular formula is C6H17O3P. The van der Waals surface area contributed by atoms with Gasteiger partial charge in [-0.2, -0.15) is 0 Å². The highest BCUT2D eigenvalue weighted by Gasteiger charge is 1.94. The highest BCUT2D eigenvalue weighted by atomic mass is 31.1. The van der Waals surface area contributed by atoms with Crippen LogP contribution >= 0.6 is 8.25 Å². The van der Waals surface area contributed by atoms with Crippen LogP contribution < -0.4 is 0 Å². The van der Waals surface area contributed by atoms with Crippen molar-refractivity contribution >= 4 is 8.25 Å². The molecule has 1 atom stereocenters. The molecule has 0 fully saturated rings. The molecule has 0 aliphatic carbocycles. The van der Waals surface area contributed by atoms with Gasteiger partial charge in [-0.3, -0.25) is 4.57 Å². The van der Waals surface area contributed by atoms with Crippen molar-refractivity contribution in [3.05, 3.63) is 0 Å². The van der Waals surface area contributed by atoms with E-state index in [2.05, 4.69) is 4.52 Å². The van der Waals surface area contributed by atoms with Crippen molar-refractivity contribution in [2.24, 2.45) is 5.92 Å². The largest absolute Gasteiger partial charge is 0.326 e. The Morgan fingerprint density at radius 1 is 1.50 bits per heavy atom. The van der Waals surface area contributed by atoms with Gasteiger partial charge in [0.05, 0.1) is 6.61 Å². The van der Waals surface area contributed by atoms with Gasteiger partial charge in [0.2, 0.25) is 0 Å². The Hall–Kier alpha value is 0.150. The molecule has 1 N–H and O–H groups in total. The highest BCUT2D eigenvalue weighted by Crippen LogP contribution is 2.15. The normalized spacial score (nSPS) is 12.2. The lowest BCUT2D eigenvalue weighted by molar-refractivity contribution is 0.248. The zero-order valence-electron chi connectivity index (χ0n) is 7.05. The molecule has 0 saturated heterocycles. The summed E-state index contributed by atoms with van der Waals surface area (Å²) in [5, 5.41) is 0. The lowest BCUT2D eigenvalue weighted by Gasteiger charge is -2.00. The van der Waals surface area contributed by atoms with E-state index in [9.17, 15) is 4.57 Å². The molecule has 0 aromatic heterocycles. The van der Waals surface area contributed by atoms with Gasteiger partial charge in [0.1, 0.15) is 0 Å². The minimum absolute atomic E-state index is 0.330. The van der Waals surface area contributed by atoms with Crippen molar-refractivity contribution in [1.29, 1.82) is 0 Å². The first-order valence-electron chi connectivity index (χ1n) is 3.48. The average molecular weight is 168 g/mol. The van der Waals surface area contributed by atoms with Crippen molar-refractivity contribution < 1.29 is 14.0 Å². The zero-order valence-corrected chi connectivity index (χ0v) is 8.05. The van der Waals surface area contributed by atoms with Crippen LogP contribution in [0.2, 0.25) is 0 Å². The maximum absolute atomic E-state index is 9.87. The monoisotopic (exact) mass is 168 g/mol. The van der Waals surface area contributed by atoms with Gasteiger partial charge in [-0.05, 0) is 5.92 Å². The fourth-order valence-corrected chi connectivity index (χ4v) is 0.714. The van der Waals surface area contributed by atoms with Crippen LogP contribution in [0.15, 0.2) is 0 Å². The minimum atomic E-state index is -2.68. The van der Waals surface area contributed by atoms with Gasteiger partial charge in [-0.15, -0.1) is 0 Å². The molecule has 0 bridgehead atoms. The summed E-state index contributed by atoms with van der Waals surface area (Å²) < 4.78 is 14.3. The van der Waals surface area contributed by atoms with Crippen LogP contribution in [0.4, 0.5) is 0 Å². The van der Waals surface area contributed by atoms with Crippen LogP contribution in [0.5, 0.6) is 0 Å². The van der Waals surface area contributed by atoms with Gasteiger partial charge < -0.3 is 9.42 Å². The Morgan fingerprint density at radius 2 is 1.90 bits per heavy atom. The molecule has 0 radical (unpaired) electrons. The predicted octanol–water partition coefficient (Wildman–Crippen LogP) is 2.07. The molecule has 0 saturated carbocycles. The van der Waals surface area contributed by atoms with Crippen LogP contribution in [0.1, 0.15) is 27.7 Å². The summed E-state index contributed by atoms with van der Waals surface area (Å²) >= 11 is 0. The fourth-order valence-electron chi connectivity index (χ4n) is 0.238. The number of hydrogen-bond donors (Lipinski definition) is 1. The van der Waals surface area contributed by atoms with E-state index in [-0.39, 0.29) is 0 Å². The predicted molar refractivity (Wildman–Crippen MR) is 43.4 cm³/mol. The Bertz CT molecular complexity index is 83.1. The fraction of sp³-hybridized carbons (Fsp3) is 1.00. The van der Waals surface area contributed by atoms with Crippen molar-refractivity contribution in [3.8, 4) is 0 Å². The third-order valence-electron chi connectivity index (χ3n) is 0.540. The van der Waals surface area contributed by atoms with E-state index in [0.717, 1.165) is 0 Å². The van der Waals surface area contributed by atoms with Crippen LogP contribution in [0, 0.1) is 5.92 Å². The second-order valence-electron chi connectivity index (χ2n) is 1.97. The van der Waals surface area contributed by atoms with Crippen molar-refractivity contribution in [1.82, 2.24) is 0 Å². The summed E-state index contributed by atoms with van der Waals surface area (Å²) in [5.41, 5.74) is 0. The number of rotatable bonds is 3. The highest BCUT2D eigenvalue weighted by molar-refractivity contribution is 7.32. The SMILES string of the molecule is CC.CC(C)CO[PH](=O)O. The summed E-state index contributed by atoms with van der Waals surface area (Å²) in [6, 6.07) is 0. The molecule has 3 nitrogen and oxygen atoms in total. The van der Waals surface area contributed by atoms with E-state index in [1.807, 2.05) is 27.7 Å². The van der Waals surface area contributed by atoms with Gasteiger partial charge in [-0.1, -0.05) is 27.7 Å². The molecule has 0 heterocycles.